The van der Waals surface area contributed by atoms with Crippen molar-refractivity contribution in [1.82, 2.24) is 0 Å². The van der Waals surface area contributed by atoms with Gasteiger partial charge in [0.05, 0.1) is 12.2 Å². The van der Waals surface area contributed by atoms with Crippen LogP contribution in [0, 0.1) is 11.8 Å². The van der Waals surface area contributed by atoms with Gasteiger partial charge >= 0.3 is 18.6 Å². The Kier molecular flexibility index (Phi) is 14.1. The van der Waals surface area contributed by atoms with Crippen molar-refractivity contribution in [3.8, 4) is 0 Å². The highest BCUT2D eigenvalue weighted by Crippen LogP contribution is 2.34. The summed E-state index contributed by atoms with van der Waals surface area (Å²) < 4.78 is 32.6. The first-order valence-electron chi connectivity index (χ1n) is 10.9. The number of hydrogen-bond acceptors (Lipinski definition) is 6. The van der Waals surface area contributed by atoms with Gasteiger partial charge in [0.2, 0.25) is 0 Å². The molecule has 2 rings (SSSR count). The molecule has 168 valence electrons. The van der Waals surface area contributed by atoms with E-state index in [1.807, 2.05) is 14.2 Å². The lowest BCUT2D eigenvalue weighted by Gasteiger charge is -2.37. The van der Waals surface area contributed by atoms with Crippen LogP contribution in [0.1, 0.15) is 52.4 Å². The molecule has 2 heterocycles. The zero-order valence-corrected chi connectivity index (χ0v) is 21.5. The fraction of sp³-hybridized carbons (Fsp3) is 1.00. The van der Waals surface area contributed by atoms with Crippen molar-refractivity contribution in [2.24, 2.45) is 11.8 Å². The van der Waals surface area contributed by atoms with Crippen molar-refractivity contribution >= 4 is 18.6 Å². The van der Waals surface area contributed by atoms with Crippen molar-refractivity contribution < 1.29 is 27.2 Å². The Morgan fingerprint density at radius 3 is 1.39 bits per heavy atom. The van der Waals surface area contributed by atoms with Crippen LogP contribution >= 0.6 is 0 Å². The molecule has 28 heavy (non-hydrogen) atoms. The topological polar surface area (TPSA) is 55.4 Å². The van der Waals surface area contributed by atoms with Crippen molar-refractivity contribution in [3.05, 3.63) is 0 Å². The first-order chi connectivity index (χ1) is 13.6. The van der Waals surface area contributed by atoms with Gasteiger partial charge in [0.1, 0.15) is 0 Å². The molecule has 4 atom stereocenters. The van der Waals surface area contributed by atoms with E-state index >= 15 is 0 Å². The Balaban J connectivity index is 0.000000696. The molecule has 2 saturated heterocycles. The predicted molar refractivity (Wildman–Crippen MR) is 117 cm³/mol. The van der Waals surface area contributed by atoms with Crippen LogP contribution in [0.25, 0.3) is 0 Å². The molecule has 2 fully saturated rings. The lowest BCUT2D eigenvalue weighted by molar-refractivity contribution is -0.0872. The van der Waals surface area contributed by atoms with E-state index in [0.717, 1.165) is 25.3 Å². The van der Waals surface area contributed by atoms with Crippen molar-refractivity contribution in [2.45, 2.75) is 76.7 Å². The third kappa shape index (κ3) is 8.51. The van der Waals surface area contributed by atoms with Crippen LogP contribution < -0.4 is 0 Å². The summed E-state index contributed by atoms with van der Waals surface area (Å²) in [5, 5.41) is 0. The van der Waals surface area contributed by atoms with Crippen LogP contribution in [0.4, 0.5) is 0 Å². The lowest BCUT2D eigenvalue weighted by atomic mass is 9.92. The number of ether oxygens (including phenoxy) is 2. The molecule has 0 aliphatic carbocycles. The summed E-state index contributed by atoms with van der Waals surface area (Å²) in [7, 11) is 4.34. The Morgan fingerprint density at radius 2 is 1.21 bits per heavy atom. The van der Waals surface area contributed by atoms with E-state index in [2.05, 4.69) is 22.7 Å². The van der Waals surface area contributed by atoms with E-state index in [1.165, 1.54) is 38.5 Å². The molecule has 4 unspecified atom stereocenters. The summed E-state index contributed by atoms with van der Waals surface area (Å²) in [6, 6.07) is 2.17. The van der Waals surface area contributed by atoms with Crippen LogP contribution in [0.15, 0.2) is 0 Å². The Morgan fingerprint density at radius 1 is 0.821 bits per heavy atom. The second-order valence-corrected chi connectivity index (χ2v) is 12.9. The fourth-order valence-electron chi connectivity index (χ4n) is 4.10. The number of hydrogen-bond donors (Lipinski definition) is 0. The first kappa shape index (κ1) is 26.2. The second-order valence-electron chi connectivity index (χ2n) is 7.82. The highest BCUT2D eigenvalue weighted by molar-refractivity contribution is 6.67. The lowest BCUT2D eigenvalue weighted by Crippen LogP contribution is -2.43. The van der Waals surface area contributed by atoms with Gasteiger partial charge in [-0.25, -0.2) is 0 Å². The molecule has 6 nitrogen and oxygen atoms in total. The molecule has 0 spiro atoms. The van der Waals surface area contributed by atoms with Crippen LogP contribution in [0.3, 0.4) is 0 Å². The third-order valence-corrected chi connectivity index (χ3v) is 10.4. The largest absolute Gasteiger partial charge is 0.402 e. The van der Waals surface area contributed by atoms with E-state index < -0.39 is 18.6 Å². The van der Waals surface area contributed by atoms with Gasteiger partial charge in [0.15, 0.2) is 0 Å². The summed E-state index contributed by atoms with van der Waals surface area (Å²) in [4.78, 5) is 0. The highest BCUT2D eigenvalue weighted by atomic mass is 28.4. The fourth-order valence-corrected chi connectivity index (χ4v) is 7.19. The molecular formula is C20H44O6Si2. The molecule has 0 N–H and O–H groups in total. The molecule has 0 bridgehead atoms. The summed E-state index contributed by atoms with van der Waals surface area (Å²) in [5.41, 5.74) is 0. The Labute approximate surface area is 176 Å². The molecular weight excluding hydrogens is 392 g/mol. The second kappa shape index (κ2) is 15.1. The average molecular weight is 437 g/mol. The smallest absolute Gasteiger partial charge is 0.337 e. The maximum atomic E-state index is 5.97. The summed E-state index contributed by atoms with van der Waals surface area (Å²) in [6.45, 7) is 6.43. The van der Waals surface area contributed by atoms with Gasteiger partial charge in [-0.15, -0.1) is 0 Å². The molecule has 2 aliphatic rings. The van der Waals surface area contributed by atoms with Crippen LogP contribution in [-0.4, -0.2) is 72.4 Å². The van der Waals surface area contributed by atoms with Crippen molar-refractivity contribution in [1.29, 1.82) is 0 Å². The van der Waals surface area contributed by atoms with Gasteiger partial charge < -0.3 is 27.2 Å². The quantitative estimate of drug-likeness (QED) is 0.389. The normalized spacial score (nSPS) is 23.8. The standard InChI is InChI=1S/C18H36O4Si.C2H8O2Si/c1-5-15(17-7-11-21-17)9-13-23(19-3,20-4)14-10-16(6-2)18-8-12-22-18;1-3-5-4-2/h15-18H,5-14H2,1-4H3;5H2,1-2H3. The SMILES string of the molecule is CCC(CC[Si](CCC(CC)C1CCO1)(OC)OC)C1CCO1.CO[SiH2]OC. The minimum atomic E-state index is -2.08. The first-order valence-corrected chi connectivity index (χ1v) is 14.3. The minimum Gasteiger partial charge on any atom is -0.402 e. The van der Waals surface area contributed by atoms with Crippen molar-refractivity contribution in [2.75, 3.05) is 41.7 Å². The Bertz CT molecular complexity index is 346. The van der Waals surface area contributed by atoms with E-state index in [4.69, 9.17) is 18.3 Å². The van der Waals surface area contributed by atoms with Crippen LogP contribution in [0.2, 0.25) is 12.1 Å². The maximum Gasteiger partial charge on any atom is 0.337 e. The highest BCUT2D eigenvalue weighted by Gasteiger charge is 2.39. The molecule has 0 amide bonds. The molecule has 0 radical (unpaired) electrons. The van der Waals surface area contributed by atoms with Gasteiger partial charge in [-0.05, 0) is 49.6 Å². The molecule has 8 heteroatoms. The van der Waals surface area contributed by atoms with E-state index in [-0.39, 0.29) is 0 Å². The Hall–Kier alpha value is 0.194. The van der Waals surface area contributed by atoms with Gasteiger partial charge in [-0.3, -0.25) is 0 Å². The summed E-state index contributed by atoms with van der Waals surface area (Å²) in [5.74, 6) is 1.33. The monoisotopic (exact) mass is 436 g/mol. The zero-order valence-electron chi connectivity index (χ0n) is 19.0. The predicted octanol–water partition coefficient (Wildman–Crippen LogP) is 3.41. The van der Waals surface area contributed by atoms with Gasteiger partial charge in [0.25, 0.3) is 0 Å². The van der Waals surface area contributed by atoms with Crippen LogP contribution in [-0.2, 0) is 27.2 Å². The van der Waals surface area contributed by atoms with E-state index in [9.17, 15) is 0 Å². The van der Waals surface area contributed by atoms with Crippen LogP contribution in [0.5, 0.6) is 0 Å². The molecule has 0 aromatic heterocycles. The number of rotatable bonds is 14. The van der Waals surface area contributed by atoms with Gasteiger partial charge in [-0.2, -0.15) is 0 Å². The third-order valence-electron chi connectivity index (χ3n) is 6.34. The molecule has 2 aliphatic heterocycles. The maximum absolute atomic E-state index is 5.97. The molecule has 0 aromatic carbocycles. The summed E-state index contributed by atoms with van der Waals surface area (Å²) in [6.07, 6.45) is 8.14. The average Bonchev–Trinajstić information content (AvgIpc) is 2.64. The van der Waals surface area contributed by atoms with Gasteiger partial charge in [-0.1, -0.05) is 26.7 Å². The minimum absolute atomic E-state index is 0.479. The van der Waals surface area contributed by atoms with E-state index in [0.29, 0.717) is 24.0 Å². The van der Waals surface area contributed by atoms with Gasteiger partial charge in [0, 0.05) is 41.7 Å². The zero-order chi connectivity index (χ0) is 20.8. The molecule has 0 saturated carbocycles. The summed E-state index contributed by atoms with van der Waals surface area (Å²) >= 11 is 0. The van der Waals surface area contributed by atoms with E-state index in [1.54, 1.807) is 14.2 Å². The molecule has 0 aromatic rings. The van der Waals surface area contributed by atoms with Crippen molar-refractivity contribution in [3.63, 3.8) is 0 Å².